The lowest BCUT2D eigenvalue weighted by molar-refractivity contribution is 0.207. The molecule has 1 atom stereocenters. The lowest BCUT2D eigenvalue weighted by atomic mass is 10.1. The molecule has 0 spiro atoms. The Labute approximate surface area is 130 Å². The number of aryl methyl sites for hydroxylation is 1. The third kappa shape index (κ3) is 3.78. The Balaban J connectivity index is 1.99. The summed E-state index contributed by atoms with van der Waals surface area (Å²) in [5.74, 6) is 1.39. The molecule has 1 aromatic carbocycles. The summed E-state index contributed by atoms with van der Waals surface area (Å²) in [6.07, 6.45) is 2.50. The summed E-state index contributed by atoms with van der Waals surface area (Å²) >= 11 is 0. The first-order chi connectivity index (χ1) is 10.5. The monoisotopic (exact) mass is 302 g/mol. The van der Waals surface area contributed by atoms with Gasteiger partial charge in [0.2, 0.25) is 0 Å². The van der Waals surface area contributed by atoms with Crippen molar-refractivity contribution in [3.63, 3.8) is 0 Å². The largest absolute Gasteiger partial charge is 0.496 e. The number of likely N-dealkylation sites (N-methyl/N-ethyl adjacent to an activating group) is 1. The second-order valence-electron chi connectivity index (χ2n) is 5.28. The van der Waals surface area contributed by atoms with Crippen molar-refractivity contribution in [1.29, 1.82) is 0 Å². The van der Waals surface area contributed by atoms with Crippen molar-refractivity contribution in [2.45, 2.75) is 19.4 Å². The van der Waals surface area contributed by atoms with Crippen LogP contribution in [0.5, 0.6) is 5.75 Å². The molecule has 0 saturated heterocycles. The van der Waals surface area contributed by atoms with Crippen LogP contribution in [0.15, 0.2) is 36.5 Å². The number of urea groups is 1. The van der Waals surface area contributed by atoms with Gasteiger partial charge >= 0.3 is 6.03 Å². The van der Waals surface area contributed by atoms with E-state index in [2.05, 4.69) is 10.4 Å². The van der Waals surface area contributed by atoms with E-state index in [0.717, 1.165) is 17.7 Å². The SMILES string of the molecule is COc1ccccc1C[C@H](C)N(C)C(=O)Nc1ccn(C)n1. The Bertz CT molecular complexity index is 639. The number of carbonyl (C=O) groups excluding carboxylic acids is 1. The third-order valence-electron chi connectivity index (χ3n) is 3.64. The Kier molecular flexibility index (Phi) is 5.04. The van der Waals surface area contributed by atoms with E-state index >= 15 is 0 Å². The molecule has 1 heterocycles. The van der Waals surface area contributed by atoms with Crippen LogP contribution in [0.25, 0.3) is 0 Å². The number of rotatable bonds is 5. The molecule has 0 fully saturated rings. The van der Waals surface area contributed by atoms with Crippen LogP contribution in [0.2, 0.25) is 0 Å². The zero-order valence-corrected chi connectivity index (χ0v) is 13.4. The van der Waals surface area contributed by atoms with Crippen LogP contribution in [-0.4, -0.2) is 40.9 Å². The summed E-state index contributed by atoms with van der Waals surface area (Å²) in [5, 5.41) is 6.92. The number of hydrogen-bond acceptors (Lipinski definition) is 3. The lowest BCUT2D eigenvalue weighted by Crippen LogP contribution is -2.39. The van der Waals surface area contributed by atoms with Crippen LogP contribution in [0, 0.1) is 0 Å². The summed E-state index contributed by atoms with van der Waals surface area (Å²) in [5.41, 5.74) is 1.08. The topological polar surface area (TPSA) is 59.4 Å². The average molecular weight is 302 g/mol. The van der Waals surface area contributed by atoms with E-state index in [9.17, 15) is 4.79 Å². The molecule has 2 aromatic rings. The van der Waals surface area contributed by atoms with Gasteiger partial charge in [-0.05, 0) is 25.0 Å². The molecule has 6 nitrogen and oxygen atoms in total. The maximum Gasteiger partial charge on any atom is 0.323 e. The number of carbonyl (C=O) groups is 1. The number of aromatic nitrogens is 2. The van der Waals surface area contributed by atoms with Crippen molar-refractivity contribution < 1.29 is 9.53 Å². The highest BCUT2D eigenvalue weighted by Crippen LogP contribution is 2.20. The molecule has 0 aliphatic rings. The predicted octanol–water partition coefficient (Wildman–Crippen LogP) is 2.52. The van der Waals surface area contributed by atoms with E-state index < -0.39 is 0 Å². The first kappa shape index (κ1) is 15.9. The van der Waals surface area contributed by atoms with Gasteiger partial charge in [-0.15, -0.1) is 0 Å². The molecule has 2 rings (SSSR count). The number of nitrogens with zero attached hydrogens (tertiary/aromatic N) is 3. The number of ether oxygens (including phenoxy) is 1. The van der Waals surface area contributed by atoms with Crippen LogP contribution in [0.3, 0.4) is 0 Å². The summed E-state index contributed by atoms with van der Waals surface area (Å²) in [6.45, 7) is 2.00. The molecule has 0 aliphatic heterocycles. The van der Waals surface area contributed by atoms with Gasteiger partial charge < -0.3 is 9.64 Å². The first-order valence-corrected chi connectivity index (χ1v) is 7.16. The van der Waals surface area contributed by atoms with Gasteiger partial charge in [0.1, 0.15) is 5.75 Å². The van der Waals surface area contributed by atoms with Crippen molar-refractivity contribution in [1.82, 2.24) is 14.7 Å². The van der Waals surface area contributed by atoms with Crippen LogP contribution < -0.4 is 10.1 Å². The Morgan fingerprint density at radius 1 is 1.41 bits per heavy atom. The number of amides is 2. The average Bonchev–Trinajstić information content (AvgIpc) is 2.92. The van der Waals surface area contributed by atoms with Crippen LogP contribution in [-0.2, 0) is 13.5 Å². The smallest absolute Gasteiger partial charge is 0.323 e. The molecule has 0 bridgehead atoms. The fourth-order valence-corrected chi connectivity index (χ4v) is 2.21. The molecule has 1 N–H and O–H groups in total. The minimum absolute atomic E-state index is 0.0278. The first-order valence-electron chi connectivity index (χ1n) is 7.16. The summed E-state index contributed by atoms with van der Waals surface area (Å²) in [4.78, 5) is 13.9. The normalized spacial score (nSPS) is 11.8. The molecule has 6 heteroatoms. The van der Waals surface area contributed by atoms with Crippen LogP contribution in [0.1, 0.15) is 12.5 Å². The maximum atomic E-state index is 12.2. The van der Waals surface area contributed by atoms with Gasteiger partial charge in [-0.25, -0.2) is 4.79 Å². The van der Waals surface area contributed by atoms with Crippen molar-refractivity contribution >= 4 is 11.8 Å². The number of para-hydroxylation sites is 1. The van der Waals surface area contributed by atoms with Gasteiger partial charge in [0.25, 0.3) is 0 Å². The highest BCUT2D eigenvalue weighted by atomic mass is 16.5. The van der Waals surface area contributed by atoms with E-state index in [1.54, 1.807) is 36.0 Å². The lowest BCUT2D eigenvalue weighted by Gasteiger charge is -2.25. The van der Waals surface area contributed by atoms with E-state index in [1.807, 2.05) is 38.2 Å². The maximum absolute atomic E-state index is 12.2. The summed E-state index contributed by atoms with van der Waals surface area (Å²) in [7, 11) is 5.24. The van der Waals surface area contributed by atoms with Gasteiger partial charge in [-0.3, -0.25) is 10.00 Å². The van der Waals surface area contributed by atoms with E-state index in [4.69, 9.17) is 4.74 Å². The van der Waals surface area contributed by atoms with Gasteiger partial charge in [-0.1, -0.05) is 18.2 Å². The molecule has 22 heavy (non-hydrogen) atoms. The number of nitrogens with one attached hydrogen (secondary N) is 1. The molecule has 2 amide bonds. The summed E-state index contributed by atoms with van der Waals surface area (Å²) < 4.78 is 7.00. The minimum Gasteiger partial charge on any atom is -0.496 e. The zero-order chi connectivity index (χ0) is 16.1. The van der Waals surface area contributed by atoms with Crippen molar-refractivity contribution in [2.75, 3.05) is 19.5 Å². The van der Waals surface area contributed by atoms with Crippen molar-refractivity contribution in [2.24, 2.45) is 7.05 Å². The highest BCUT2D eigenvalue weighted by molar-refractivity contribution is 5.88. The van der Waals surface area contributed by atoms with Gasteiger partial charge in [0.15, 0.2) is 5.82 Å². The van der Waals surface area contributed by atoms with Crippen molar-refractivity contribution in [3.05, 3.63) is 42.1 Å². The van der Waals surface area contributed by atoms with E-state index in [-0.39, 0.29) is 12.1 Å². The second kappa shape index (κ2) is 6.98. The number of methoxy groups -OCH3 is 1. The Morgan fingerprint density at radius 2 is 2.14 bits per heavy atom. The standard InChI is InChI=1S/C16H22N4O2/c1-12(11-13-7-5-6-8-14(13)22-4)20(3)16(21)17-15-9-10-19(2)18-15/h5-10,12H,11H2,1-4H3,(H,17,18,21)/t12-/m0/s1. The van der Waals surface area contributed by atoms with Gasteiger partial charge in [0, 0.05) is 32.4 Å². The highest BCUT2D eigenvalue weighted by Gasteiger charge is 2.18. The molecule has 0 aliphatic carbocycles. The number of hydrogen-bond donors (Lipinski definition) is 1. The molecular weight excluding hydrogens is 280 g/mol. The van der Waals surface area contributed by atoms with Gasteiger partial charge in [-0.2, -0.15) is 5.10 Å². The third-order valence-corrected chi connectivity index (χ3v) is 3.64. The molecule has 1 aromatic heterocycles. The van der Waals surface area contributed by atoms with Crippen LogP contribution >= 0.6 is 0 Å². The van der Waals surface area contributed by atoms with Crippen LogP contribution in [0.4, 0.5) is 10.6 Å². The molecular formula is C16H22N4O2. The number of anilines is 1. The molecule has 0 radical (unpaired) electrons. The van der Waals surface area contributed by atoms with Gasteiger partial charge in [0.05, 0.1) is 7.11 Å². The zero-order valence-electron chi connectivity index (χ0n) is 13.4. The fourth-order valence-electron chi connectivity index (χ4n) is 2.21. The Hall–Kier alpha value is -2.50. The molecule has 118 valence electrons. The second-order valence-corrected chi connectivity index (χ2v) is 5.28. The summed E-state index contributed by atoms with van der Waals surface area (Å²) in [6, 6.07) is 9.45. The predicted molar refractivity (Wildman–Crippen MR) is 86.1 cm³/mol. The number of benzene rings is 1. The minimum atomic E-state index is -0.180. The quantitative estimate of drug-likeness (QED) is 0.923. The molecule has 0 unspecified atom stereocenters. The Morgan fingerprint density at radius 3 is 2.77 bits per heavy atom. The van der Waals surface area contributed by atoms with Crippen molar-refractivity contribution in [3.8, 4) is 5.75 Å². The van der Waals surface area contributed by atoms with E-state index in [1.165, 1.54) is 0 Å². The molecule has 0 saturated carbocycles. The van der Waals surface area contributed by atoms with E-state index in [0.29, 0.717) is 5.82 Å². The fraction of sp³-hybridized carbons (Fsp3) is 0.375.